The summed E-state index contributed by atoms with van der Waals surface area (Å²) < 4.78 is 42.3. The van der Waals surface area contributed by atoms with Crippen LogP contribution in [-0.2, 0) is 15.7 Å². The van der Waals surface area contributed by atoms with E-state index in [0.29, 0.717) is 32.1 Å². The first-order valence-corrected chi connectivity index (χ1v) is 7.09. The summed E-state index contributed by atoms with van der Waals surface area (Å²) in [6.07, 6.45) is -2.16. The summed E-state index contributed by atoms with van der Waals surface area (Å²) in [6.45, 7) is 1.99. The summed E-state index contributed by atoms with van der Waals surface area (Å²) >= 11 is 0. The molecule has 5 nitrogen and oxygen atoms in total. The van der Waals surface area contributed by atoms with Crippen LogP contribution in [0.4, 0.5) is 19.0 Å². The van der Waals surface area contributed by atoms with E-state index in [4.69, 9.17) is 4.74 Å². The van der Waals surface area contributed by atoms with E-state index < -0.39 is 11.7 Å². The third-order valence-electron chi connectivity index (χ3n) is 3.41. The van der Waals surface area contributed by atoms with Gasteiger partial charge in [-0.2, -0.15) is 13.2 Å². The summed E-state index contributed by atoms with van der Waals surface area (Å²) in [7, 11) is 0. The Bertz CT molecular complexity index is 485. The lowest BCUT2D eigenvalue weighted by molar-refractivity contribution is -0.137. The molecule has 122 valence electrons. The van der Waals surface area contributed by atoms with Crippen LogP contribution in [0.1, 0.15) is 18.4 Å². The van der Waals surface area contributed by atoms with Crippen LogP contribution in [0.15, 0.2) is 18.3 Å². The summed E-state index contributed by atoms with van der Waals surface area (Å²) in [5.41, 5.74) is -0.786. The van der Waals surface area contributed by atoms with Gasteiger partial charge in [-0.25, -0.2) is 4.98 Å². The molecule has 0 bridgehead atoms. The van der Waals surface area contributed by atoms with Crippen LogP contribution in [0, 0.1) is 5.92 Å². The van der Waals surface area contributed by atoms with E-state index in [1.54, 1.807) is 0 Å². The van der Waals surface area contributed by atoms with Crippen molar-refractivity contribution in [2.75, 3.05) is 31.6 Å². The predicted octanol–water partition coefficient (Wildman–Crippen LogP) is 2.06. The molecule has 1 fully saturated rings. The number of aromatic nitrogens is 1. The molecule has 1 amide bonds. The molecule has 2 rings (SSSR count). The second-order valence-electron chi connectivity index (χ2n) is 5.03. The van der Waals surface area contributed by atoms with E-state index in [-0.39, 0.29) is 11.8 Å². The average Bonchev–Trinajstić information content (AvgIpc) is 2.52. The summed E-state index contributed by atoms with van der Waals surface area (Å²) in [4.78, 5) is 15.5. The molecule has 0 radical (unpaired) electrons. The molecule has 0 spiro atoms. The molecule has 1 aliphatic heterocycles. The number of carbonyl (C=O) groups is 1. The van der Waals surface area contributed by atoms with Crippen molar-refractivity contribution in [3.8, 4) is 0 Å². The lowest BCUT2D eigenvalue weighted by Gasteiger charge is -2.21. The topological polar surface area (TPSA) is 63.2 Å². The van der Waals surface area contributed by atoms with Gasteiger partial charge in [0.1, 0.15) is 5.82 Å². The largest absolute Gasteiger partial charge is 0.417 e. The van der Waals surface area contributed by atoms with Gasteiger partial charge in [-0.3, -0.25) is 4.79 Å². The van der Waals surface area contributed by atoms with Gasteiger partial charge in [0.25, 0.3) is 0 Å². The minimum absolute atomic E-state index is 0.00882. The van der Waals surface area contributed by atoms with Gasteiger partial charge in [0.05, 0.1) is 5.56 Å². The Labute approximate surface area is 126 Å². The van der Waals surface area contributed by atoms with Crippen molar-refractivity contribution >= 4 is 11.7 Å². The highest BCUT2D eigenvalue weighted by molar-refractivity contribution is 5.78. The zero-order valence-electron chi connectivity index (χ0n) is 11.9. The first kappa shape index (κ1) is 16.5. The zero-order chi connectivity index (χ0) is 16.0. The van der Waals surface area contributed by atoms with Gasteiger partial charge < -0.3 is 15.4 Å². The Balaban J connectivity index is 1.69. The zero-order valence-corrected chi connectivity index (χ0v) is 11.9. The van der Waals surface area contributed by atoms with Crippen LogP contribution >= 0.6 is 0 Å². The molecule has 0 aliphatic carbocycles. The molecule has 1 aromatic heterocycles. The van der Waals surface area contributed by atoms with Gasteiger partial charge in [-0.1, -0.05) is 0 Å². The van der Waals surface area contributed by atoms with Crippen molar-refractivity contribution < 1.29 is 22.7 Å². The van der Waals surface area contributed by atoms with Crippen molar-refractivity contribution in [3.63, 3.8) is 0 Å². The summed E-state index contributed by atoms with van der Waals surface area (Å²) in [6, 6.07) is 2.24. The molecule has 1 aliphatic rings. The highest BCUT2D eigenvalue weighted by atomic mass is 19.4. The lowest BCUT2D eigenvalue weighted by Crippen LogP contribution is -2.36. The fourth-order valence-corrected chi connectivity index (χ4v) is 2.15. The van der Waals surface area contributed by atoms with E-state index >= 15 is 0 Å². The number of amides is 1. The first-order valence-electron chi connectivity index (χ1n) is 7.09. The molecule has 8 heteroatoms. The van der Waals surface area contributed by atoms with E-state index in [2.05, 4.69) is 15.6 Å². The molecule has 2 N–H and O–H groups in total. The molecule has 2 heterocycles. The SMILES string of the molecule is O=C(NCCNc1ccc(C(F)(F)F)cn1)C1CCOCC1. The molecule has 0 atom stereocenters. The molecule has 0 unspecified atom stereocenters. The number of nitrogens with one attached hydrogen (secondary N) is 2. The number of carbonyl (C=O) groups excluding carboxylic acids is 1. The van der Waals surface area contributed by atoms with Gasteiger partial charge in [-0.05, 0) is 25.0 Å². The number of rotatable bonds is 5. The number of ether oxygens (including phenoxy) is 1. The van der Waals surface area contributed by atoms with Gasteiger partial charge in [0, 0.05) is 38.4 Å². The molecular formula is C14H18F3N3O2. The van der Waals surface area contributed by atoms with E-state index in [9.17, 15) is 18.0 Å². The van der Waals surface area contributed by atoms with Gasteiger partial charge >= 0.3 is 6.18 Å². The maximum Gasteiger partial charge on any atom is 0.417 e. The Morgan fingerprint density at radius 3 is 2.59 bits per heavy atom. The monoisotopic (exact) mass is 317 g/mol. The molecular weight excluding hydrogens is 299 g/mol. The molecule has 0 aromatic carbocycles. The maximum atomic E-state index is 12.4. The third-order valence-corrected chi connectivity index (χ3v) is 3.41. The van der Waals surface area contributed by atoms with Crippen LogP contribution in [0.3, 0.4) is 0 Å². The van der Waals surface area contributed by atoms with Crippen molar-refractivity contribution in [3.05, 3.63) is 23.9 Å². The van der Waals surface area contributed by atoms with Gasteiger partial charge in [0.2, 0.25) is 5.91 Å². The smallest absolute Gasteiger partial charge is 0.381 e. The average molecular weight is 317 g/mol. The standard InChI is InChI=1S/C14H18F3N3O2/c15-14(16,17)11-1-2-12(20-9-11)18-5-6-19-13(21)10-3-7-22-8-4-10/h1-2,9-10H,3-8H2,(H,18,20)(H,19,21). The van der Waals surface area contributed by atoms with Gasteiger partial charge in [0.15, 0.2) is 0 Å². The summed E-state index contributed by atoms with van der Waals surface area (Å²) in [5, 5.41) is 5.66. The Morgan fingerprint density at radius 2 is 2.00 bits per heavy atom. The van der Waals surface area contributed by atoms with Crippen LogP contribution < -0.4 is 10.6 Å². The molecule has 0 saturated carbocycles. The second kappa shape index (κ2) is 7.44. The minimum atomic E-state index is -4.39. The van der Waals surface area contributed by atoms with Crippen LogP contribution in [0.2, 0.25) is 0 Å². The predicted molar refractivity (Wildman–Crippen MR) is 74.3 cm³/mol. The molecule has 1 saturated heterocycles. The lowest BCUT2D eigenvalue weighted by atomic mass is 9.99. The fourth-order valence-electron chi connectivity index (χ4n) is 2.15. The number of anilines is 1. The number of hydrogen-bond acceptors (Lipinski definition) is 4. The van der Waals surface area contributed by atoms with Crippen molar-refractivity contribution in [2.45, 2.75) is 19.0 Å². The van der Waals surface area contributed by atoms with E-state index in [0.717, 1.165) is 25.1 Å². The highest BCUT2D eigenvalue weighted by Gasteiger charge is 2.30. The summed E-state index contributed by atoms with van der Waals surface area (Å²) in [5.74, 6) is 0.316. The number of pyridine rings is 1. The quantitative estimate of drug-likeness (QED) is 0.816. The van der Waals surface area contributed by atoms with E-state index in [1.165, 1.54) is 6.07 Å². The van der Waals surface area contributed by atoms with Crippen molar-refractivity contribution in [2.24, 2.45) is 5.92 Å². The number of hydrogen-bond donors (Lipinski definition) is 2. The normalized spacial score (nSPS) is 16.3. The molecule has 22 heavy (non-hydrogen) atoms. The fraction of sp³-hybridized carbons (Fsp3) is 0.571. The second-order valence-corrected chi connectivity index (χ2v) is 5.03. The third kappa shape index (κ3) is 4.87. The molecule has 1 aromatic rings. The number of alkyl halides is 3. The van der Waals surface area contributed by atoms with Crippen LogP contribution in [0.25, 0.3) is 0 Å². The maximum absolute atomic E-state index is 12.4. The Hall–Kier alpha value is -1.83. The first-order chi connectivity index (χ1) is 10.5. The van der Waals surface area contributed by atoms with Crippen molar-refractivity contribution in [1.82, 2.24) is 10.3 Å². The number of nitrogens with zero attached hydrogens (tertiary/aromatic N) is 1. The minimum Gasteiger partial charge on any atom is -0.381 e. The Kier molecular flexibility index (Phi) is 5.59. The van der Waals surface area contributed by atoms with Crippen LogP contribution in [-0.4, -0.2) is 37.2 Å². The van der Waals surface area contributed by atoms with E-state index in [1.807, 2.05) is 0 Å². The van der Waals surface area contributed by atoms with Crippen molar-refractivity contribution in [1.29, 1.82) is 0 Å². The van der Waals surface area contributed by atoms with Crippen LogP contribution in [0.5, 0.6) is 0 Å². The number of halogens is 3. The van der Waals surface area contributed by atoms with Gasteiger partial charge in [-0.15, -0.1) is 0 Å². The highest BCUT2D eigenvalue weighted by Crippen LogP contribution is 2.28. The Morgan fingerprint density at radius 1 is 1.27 bits per heavy atom.